The van der Waals surface area contributed by atoms with Crippen LogP contribution in [0.4, 0.5) is 0 Å². The third kappa shape index (κ3) is 4.28. The number of carbonyl (C=O) groups excluding carboxylic acids is 1. The van der Waals surface area contributed by atoms with Gasteiger partial charge in [0, 0.05) is 18.6 Å². The highest BCUT2D eigenvalue weighted by Gasteiger charge is 2.14. The number of pyridine rings is 1. The zero-order valence-corrected chi connectivity index (χ0v) is 14.1. The van der Waals surface area contributed by atoms with Gasteiger partial charge in [-0.05, 0) is 24.3 Å². The van der Waals surface area contributed by atoms with Crippen LogP contribution in [0.1, 0.15) is 34.9 Å². The van der Waals surface area contributed by atoms with E-state index in [1.165, 1.54) is 0 Å². The summed E-state index contributed by atoms with van der Waals surface area (Å²) >= 11 is 3.31. The van der Waals surface area contributed by atoms with E-state index in [4.69, 9.17) is 0 Å². The van der Waals surface area contributed by atoms with Crippen molar-refractivity contribution >= 4 is 29.0 Å². The lowest BCUT2D eigenvalue weighted by atomic mass is 10.2. The molecule has 21 heavy (non-hydrogen) atoms. The molecule has 6 heteroatoms. The van der Waals surface area contributed by atoms with E-state index >= 15 is 0 Å². The van der Waals surface area contributed by atoms with Crippen LogP contribution in [-0.2, 0) is 13.0 Å². The van der Waals surface area contributed by atoms with Crippen molar-refractivity contribution in [2.24, 2.45) is 0 Å². The maximum atomic E-state index is 12.3. The van der Waals surface area contributed by atoms with Crippen molar-refractivity contribution in [3.63, 3.8) is 0 Å². The van der Waals surface area contributed by atoms with E-state index in [2.05, 4.69) is 23.8 Å². The summed E-state index contributed by atoms with van der Waals surface area (Å²) in [5.74, 6) is 0.950. The largest absolute Gasteiger partial charge is 0.336 e. The molecule has 0 fully saturated rings. The summed E-state index contributed by atoms with van der Waals surface area (Å²) < 4.78 is 0. The predicted molar refractivity (Wildman–Crippen MR) is 87.9 cm³/mol. The van der Waals surface area contributed by atoms with Gasteiger partial charge in [0.1, 0.15) is 0 Å². The van der Waals surface area contributed by atoms with E-state index in [9.17, 15) is 4.79 Å². The number of thiazole rings is 1. The Kier molecular flexibility index (Phi) is 5.76. The van der Waals surface area contributed by atoms with E-state index in [-0.39, 0.29) is 5.91 Å². The van der Waals surface area contributed by atoms with E-state index in [0.717, 1.165) is 27.9 Å². The highest BCUT2D eigenvalue weighted by Crippen LogP contribution is 2.16. The molecular weight excluding hydrogens is 302 g/mol. The fraction of sp³-hybridized carbons (Fsp3) is 0.400. The molecule has 4 nitrogen and oxygen atoms in total. The first-order chi connectivity index (χ1) is 10.1. The third-order valence-electron chi connectivity index (χ3n) is 2.92. The summed E-state index contributed by atoms with van der Waals surface area (Å²) in [5, 5.41) is 4.07. The molecule has 0 aliphatic carbocycles. The van der Waals surface area contributed by atoms with Crippen LogP contribution in [0.25, 0.3) is 0 Å². The quantitative estimate of drug-likeness (QED) is 0.764. The normalized spacial score (nSPS) is 10.6. The average Bonchev–Trinajstić information content (AvgIpc) is 2.95. The van der Waals surface area contributed by atoms with Gasteiger partial charge in [0.15, 0.2) is 0 Å². The first-order valence-corrected chi connectivity index (χ1v) is 8.78. The minimum absolute atomic E-state index is 0.0263. The predicted octanol–water partition coefficient (Wildman–Crippen LogP) is 3.48. The second kappa shape index (κ2) is 7.56. The molecule has 2 rings (SSSR count). The molecule has 112 valence electrons. The van der Waals surface area contributed by atoms with Crippen LogP contribution >= 0.6 is 23.1 Å². The van der Waals surface area contributed by atoms with E-state index in [0.29, 0.717) is 12.1 Å². The van der Waals surface area contributed by atoms with Crippen molar-refractivity contribution in [2.75, 3.05) is 12.8 Å². The Bertz CT molecular complexity index is 595. The van der Waals surface area contributed by atoms with Gasteiger partial charge in [-0.15, -0.1) is 23.1 Å². The van der Waals surface area contributed by atoms with Crippen LogP contribution in [-0.4, -0.2) is 33.6 Å². The Morgan fingerprint density at radius 2 is 2.19 bits per heavy atom. The van der Waals surface area contributed by atoms with Crippen molar-refractivity contribution in [2.45, 2.75) is 31.8 Å². The maximum absolute atomic E-state index is 12.3. The van der Waals surface area contributed by atoms with E-state index < -0.39 is 0 Å². The molecule has 0 aliphatic heterocycles. The van der Waals surface area contributed by atoms with Crippen molar-refractivity contribution in [3.8, 4) is 0 Å². The van der Waals surface area contributed by atoms with Crippen molar-refractivity contribution in [3.05, 3.63) is 40.0 Å². The average molecular weight is 321 g/mol. The standard InChI is InChI=1S/C15H19N3OS2/c1-4-13-17-12(10-21-13)9-18(3)15(19)11-6-7-14(16-8-11)20-5-2/h6-8,10H,4-5,9H2,1-3H3. The molecule has 0 aliphatic rings. The Balaban J connectivity index is 2.01. The lowest BCUT2D eigenvalue weighted by Gasteiger charge is -2.15. The zero-order chi connectivity index (χ0) is 15.2. The van der Waals surface area contributed by atoms with Gasteiger partial charge in [0.05, 0.1) is 27.8 Å². The monoisotopic (exact) mass is 321 g/mol. The van der Waals surface area contributed by atoms with Gasteiger partial charge in [-0.2, -0.15) is 0 Å². The van der Waals surface area contributed by atoms with Crippen LogP contribution in [0.3, 0.4) is 0 Å². The molecule has 2 heterocycles. The molecule has 1 amide bonds. The van der Waals surface area contributed by atoms with E-state index in [1.807, 2.05) is 17.5 Å². The molecule has 0 saturated heterocycles. The number of aromatic nitrogens is 2. The van der Waals surface area contributed by atoms with Crippen molar-refractivity contribution in [1.82, 2.24) is 14.9 Å². The fourth-order valence-corrected chi connectivity index (χ4v) is 3.18. The molecule has 0 aromatic carbocycles. The maximum Gasteiger partial charge on any atom is 0.255 e. The van der Waals surface area contributed by atoms with Crippen LogP contribution in [0.5, 0.6) is 0 Å². The van der Waals surface area contributed by atoms with Gasteiger partial charge in [0.25, 0.3) is 5.91 Å². The van der Waals surface area contributed by atoms with Crippen LogP contribution in [0.2, 0.25) is 0 Å². The first-order valence-electron chi connectivity index (χ1n) is 6.91. The number of hydrogen-bond acceptors (Lipinski definition) is 5. The van der Waals surface area contributed by atoms with Crippen molar-refractivity contribution < 1.29 is 4.79 Å². The Morgan fingerprint density at radius 1 is 1.38 bits per heavy atom. The molecule has 0 unspecified atom stereocenters. The minimum Gasteiger partial charge on any atom is -0.336 e. The summed E-state index contributed by atoms with van der Waals surface area (Å²) in [6.07, 6.45) is 2.58. The molecule has 0 spiro atoms. The van der Waals surface area contributed by atoms with Crippen LogP contribution in [0.15, 0.2) is 28.7 Å². The topological polar surface area (TPSA) is 46.1 Å². The highest BCUT2D eigenvalue weighted by atomic mass is 32.2. The lowest BCUT2D eigenvalue weighted by molar-refractivity contribution is 0.0783. The summed E-state index contributed by atoms with van der Waals surface area (Å²) in [6, 6.07) is 3.73. The molecular formula is C15H19N3OS2. The summed E-state index contributed by atoms with van der Waals surface area (Å²) in [7, 11) is 1.79. The van der Waals surface area contributed by atoms with Crippen molar-refractivity contribution in [1.29, 1.82) is 0 Å². The first kappa shape index (κ1) is 16.0. The minimum atomic E-state index is -0.0263. The van der Waals surface area contributed by atoms with Gasteiger partial charge >= 0.3 is 0 Å². The Morgan fingerprint density at radius 3 is 2.76 bits per heavy atom. The van der Waals surface area contributed by atoms with E-state index in [1.54, 1.807) is 41.2 Å². The third-order valence-corrected chi connectivity index (χ3v) is 4.79. The smallest absolute Gasteiger partial charge is 0.255 e. The van der Waals surface area contributed by atoms with Crippen LogP contribution in [0, 0.1) is 0 Å². The number of thioether (sulfide) groups is 1. The number of rotatable bonds is 6. The molecule has 2 aromatic rings. The zero-order valence-electron chi connectivity index (χ0n) is 12.5. The van der Waals surface area contributed by atoms with Gasteiger partial charge in [-0.1, -0.05) is 13.8 Å². The van der Waals surface area contributed by atoms with Gasteiger partial charge < -0.3 is 4.90 Å². The number of amides is 1. The van der Waals surface area contributed by atoms with Gasteiger partial charge in [-0.3, -0.25) is 4.79 Å². The van der Waals surface area contributed by atoms with Gasteiger partial charge in [-0.25, -0.2) is 9.97 Å². The molecule has 2 aromatic heterocycles. The molecule has 0 N–H and O–H groups in total. The van der Waals surface area contributed by atoms with Gasteiger partial charge in [0.2, 0.25) is 0 Å². The van der Waals surface area contributed by atoms with Crippen LogP contribution < -0.4 is 0 Å². The summed E-state index contributed by atoms with van der Waals surface area (Å²) in [6.45, 7) is 4.69. The number of hydrogen-bond donors (Lipinski definition) is 0. The second-order valence-corrected chi connectivity index (χ2v) is 6.79. The SMILES string of the molecule is CCSc1ccc(C(=O)N(C)Cc2csc(CC)n2)cn1. The molecule has 0 bridgehead atoms. The highest BCUT2D eigenvalue weighted by molar-refractivity contribution is 7.99. The molecule has 0 saturated carbocycles. The summed E-state index contributed by atoms with van der Waals surface area (Å²) in [5.41, 5.74) is 1.56. The summed E-state index contributed by atoms with van der Waals surface area (Å²) in [4.78, 5) is 22.8. The number of aryl methyl sites for hydroxylation is 1. The fourth-order valence-electron chi connectivity index (χ4n) is 1.86. The Hall–Kier alpha value is -1.40. The molecule has 0 atom stereocenters. The Labute approximate surface area is 133 Å². The number of nitrogens with zero attached hydrogens (tertiary/aromatic N) is 3. The number of carbonyl (C=O) groups is 1. The lowest BCUT2D eigenvalue weighted by Crippen LogP contribution is -2.26. The second-order valence-electron chi connectivity index (χ2n) is 4.57. The molecule has 0 radical (unpaired) electrons.